The van der Waals surface area contributed by atoms with Crippen LogP contribution >= 0.6 is 11.6 Å². The number of hydrogen-bond acceptors (Lipinski definition) is 4. The van der Waals surface area contributed by atoms with E-state index in [1.807, 2.05) is 12.1 Å². The van der Waals surface area contributed by atoms with Gasteiger partial charge in [-0.05, 0) is 48.7 Å². The number of nitrogens with one attached hydrogen (secondary N) is 1. The lowest BCUT2D eigenvalue weighted by Gasteiger charge is -2.28. The highest BCUT2D eigenvalue weighted by Gasteiger charge is 2.44. The zero-order chi connectivity index (χ0) is 24.0. The third-order valence-electron chi connectivity index (χ3n) is 6.36. The van der Waals surface area contributed by atoms with Crippen molar-refractivity contribution in [3.05, 3.63) is 70.1 Å². The largest absolute Gasteiger partial charge is 0.365 e. The first-order valence-corrected chi connectivity index (χ1v) is 11.1. The number of rotatable bonds is 4. The predicted octanol–water partition coefficient (Wildman–Crippen LogP) is 4.04. The number of urea groups is 1. The van der Waals surface area contributed by atoms with Crippen molar-refractivity contribution in [2.45, 2.75) is 31.3 Å². The molecule has 2 heterocycles. The SMILES string of the molecule is N#CC1(c2ccc(NC(=O)N3CCn4nc(-c5ccc(F)c(Cl)c5)c(C(N)=O)c4C3)cc2)CC1. The molecule has 1 aliphatic heterocycles. The number of primary amides is 1. The molecule has 1 aromatic heterocycles. The third-order valence-corrected chi connectivity index (χ3v) is 6.65. The fourth-order valence-electron chi connectivity index (χ4n) is 4.26. The summed E-state index contributed by atoms with van der Waals surface area (Å²) in [5.41, 5.74) is 8.28. The lowest BCUT2D eigenvalue weighted by Crippen LogP contribution is -2.41. The molecule has 5 rings (SSSR count). The summed E-state index contributed by atoms with van der Waals surface area (Å²) in [6.07, 6.45) is 1.70. The van der Waals surface area contributed by atoms with Gasteiger partial charge in [0.25, 0.3) is 5.91 Å². The number of nitrogens with zero attached hydrogens (tertiary/aromatic N) is 4. The maximum atomic E-state index is 13.6. The summed E-state index contributed by atoms with van der Waals surface area (Å²) < 4.78 is 15.2. The summed E-state index contributed by atoms with van der Waals surface area (Å²) in [6, 6.07) is 13.4. The number of halogens is 2. The van der Waals surface area contributed by atoms with Crippen LogP contribution in [0.1, 0.15) is 34.5 Å². The average molecular weight is 479 g/mol. The van der Waals surface area contributed by atoms with Gasteiger partial charge in [-0.3, -0.25) is 9.48 Å². The Balaban J connectivity index is 1.36. The van der Waals surface area contributed by atoms with E-state index in [0.717, 1.165) is 18.4 Å². The Morgan fingerprint density at radius 2 is 1.91 bits per heavy atom. The van der Waals surface area contributed by atoms with Crippen LogP contribution in [0.5, 0.6) is 0 Å². The molecule has 0 unspecified atom stereocenters. The highest BCUT2D eigenvalue weighted by molar-refractivity contribution is 6.31. The van der Waals surface area contributed by atoms with E-state index in [2.05, 4.69) is 16.5 Å². The molecule has 0 saturated heterocycles. The van der Waals surface area contributed by atoms with Crippen molar-refractivity contribution < 1.29 is 14.0 Å². The number of carbonyl (C=O) groups is 2. The van der Waals surface area contributed by atoms with Gasteiger partial charge < -0.3 is 16.0 Å². The van der Waals surface area contributed by atoms with E-state index in [-0.39, 0.29) is 28.6 Å². The van der Waals surface area contributed by atoms with Crippen molar-refractivity contribution in [1.29, 1.82) is 5.26 Å². The van der Waals surface area contributed by atoms with E-state index < -0.39 is 11.7 Å². The number of anilines is 1. The number of aromatic nitrogens is 2. The number of nitrogens with two attached hydrogens (primary N) is 1. The molecule has 1 saturated carbocycles. The molecule has 1 fully saturated rings. The first-order valence-electron chi connectivity index (χ1n) is 10.7. The van der Waals surface area contributed by atoms with Gasteiger partial charge in [-0.1, -0.05) is 23.7 Å². The minimum Gasteiger partial charge on any atom is -0.365 e. The Morgan fingerprint density at radius 1 is 1.18 bits per heavy atom. The van der Waals surface area contributed by atoms with Gasteiger partial charge in [0.15, 0.2) is 0 Å². The molecule has 172 valence electrons. The summed E-state index contributed by atoms with van der Waals surface area (Å²) in [4.78, 5) is 26.8. The molecule has 34 heavy (non-hydrogen) atoms. The van der Waals surface area contributed by atoms with Gasteiger partial charge in [0.2, 0.25) is 0 Å². The van der Waals surface area contributed by atoms with Crippen LogP contribution in [0.3, 0.4) is 0 Å². The van der Waals surface area contributed by atoms with Crippen molar-refractivity contribution in [2.24, 2.45) is 5.73 Å². The van der Waals surface area contributed by atoms with E-state index in [0.29, 0.717) is 35.7 Å². The molecule has 0 spiro atoms. The second-order valence-corrected chi connectivity index (χ2v) is 8.92. The molecule has 3 aromatic rings. The van der Waals surface area contributed by atoms with Gasteiger partial charge in [-0.2, -0.15) is 10.4 Å². The van der Waals surface area contributed by atoms with E-state index in [9.17, 15) is 19.2 Å². The van der Waals surface area contributed by atoms with Crippen LogP contribution < -0.4 is 11.1 Å². The van der Waals surface area contributed by atoms with Gasteiger partial charge in [0.05, 0.1) is 40.9 Å². The van der Waals surface area contributed by atoms with E-state index in [4.69, 9.17) is 17.3 Å². The first kappa shape index (κ1) is 21.9. The fourth-order valence-corrected chi connectivity index (χ4v) is 4.44. The van der Waals surface area contributed by atoms with Gasteiger partial charge >= 0.3 is 6.03 Å². The molecule has 0 radical (unpaired) electrons. The van der Waals surface area contributed by atoms with Gasteiger partial charge in [0.1, 0.15) is 11.5 Å². The average Bonchev–Trinajstić information content (AvgIpc) is 3.53. The van der Waals surface area contributed by atoms with Gasteiger partial charge in [-0.15, -0.1) is 0 Å². The molecule has 10 heteroatoms. The number of benzene rings is 2. The fraction of sp³-hybridized carbons (Fsp3) is 0.250. The zero-order valence-corrected chi connectivity index (χ0v) is 18.8. The summed E-state index contributed by atoms with van der Waals surface area (Å²) in [5.74, 6) is -1.27. The smallest absolute Gasteiger partial charge is 0.322 e. The van der Waals surface area contributed by atoms with Crippen LogP contribution in [-0.2, 0) is 18.5 Å². The van der Waals surface area contributed by atoms with Crippen LogP contribution in [0, 0.1) is 17.1 Å². The highest BCUT2D eigenvalue weighted by Crippen LogP contribution is 2.47. The molecular formula is C24H20ClFN6O2. The molecule has 8 nitrogen and oxygen atoms in total. The predicted molar refractivity (Wildman–Crippen MR) is 124 cm³/mol. The lowest BCUT2D eigenvalue weighted by molar-refractivity contribution is 0.0997. The topological polar surface area (TPSA) is 117 Å². The molecule has 0 bridgehead atoms. The minimum atomic E-state index is -0.693. The molecule has 3 N–H and O–H groups in total. The van der Waals surface area contributed by atoms with Crippen molar-refractivity contribution in [1.82, 2.24) is 14.7 Å². The summed E-state index contributed by atoms with van der Waals surface area (Å²) in [6.45, 7) is 0.862. The molecular weight excluding hydrogens is 459 g/mol. The number of fused-ring (bicyclic) bond motifs is 1. The van der Waals surface area contributed by atoms with E-state index in [1.54, 1.807) is 21.7 Å². The molecule has 2 aliphatic rings. The highest BCUT2D eigenvalue weighted by atomic mass is 35.5. The number of amides is 3. The molecule has 1 aliphatic carbocycles. The summed E-state index contributed by atoms with van der Waals surface area (Å²) >= 11 is 5.91. The van der Waals surface area contributed by atoms with Gasteiger partial charge in [-0.25, -0.2) is 9.18 Å². The molecule has 2 aromatic carbocycles. The summed E-state index contributed by atoms with van der Waals surface area (Å²) in [5, 5.41) is 16.6. The quantitative estimate of drug-likeness (QED) is 0.588. The second-order valence-electron chi connectivity index (χ2n) is 8.51. The van der Waals surface area contributed by atoms with Crippen LogP contribution in [0.25, 0.3) is 11.3 Å². The number of nitriles is 1. The Bertz CT molecular complexity index is 1360. The molecule has 0 atom stereocenters. The van der Waals surface area contributed by atoms with Crippen LogP contribution in [0.2, 0.25) is 5.02 Å². The second kappa shape index (κ2) is 8.15. The van der Waals surface area contributed by atoms with E-state index in [1.165, 1.54) is 18.2 Å². The Kier molecular flexibility index (Phi) is 5.25. The Labute approximate surface area is 199 Å². The van der Waals surface area contributed by atoms with Crippen molar-refractivity contribution in [3.8, 4) is 17.3 Å². The van der Waals surface area contributed by atoms with Crippen LogP contribution in [0.4, 0.5) is 14.9 Å². The Hall–Kier alpha value is -3.90. The first-order chi connectivity index (χ1) is 16.3. The van der Waals surface area contributed by atoms with Crippen molar-refractivity contribution in [3.63, 3.8) is 0 Å². The normalized spacial score (nSPS) is 15.9. The van der Waals surface area contributed by atoms with Crippen LogP contribution in [-0.4, -0.2) is 33.2 Å². The van der Waals surface area contributed by atoms with Crippen molar-refractivity contribution in [2.75, 3.05) is 11.9 Å². The summed E-state index contributed by atoms with van der Waals surface area (Å²) in [7, 11) is 0. The van der Waals surface area contributed by atoms with E-state index >= 15 is 0 Å². The van der Waals surface area contributed by atoms with Crippen LogP contribution in [0.15, 0.2) is 42.5 Å². The van der Waals surface area contributed by atoms with Crippen molar-refractivity contribution >= 4 is 29.2 Å². The Morgan fingerprint density at radius 3 is 2.53 bits per heavy atom. The standard InChI is InChI=1S/C24H20ClFN6O2/c25-17-11-14(1-6-18(17)26)21-20(22(28)33)19-12-31(9-10-32(19)30-21)23(34)29-16-4-2-15(3-5-16)24(13-27)7-8-24/h1-6,11H,7-10,12H2,(H2,28,33)(H,29,34). The van der Waals surface area contributed by atoms with Gasteiger partial charge in [0, 0.05) is 17.8 Å². The monoisotopic (exact) mass is 478 g/mol. The third kappa shape index (κ3) is 3.76. The number of carbonyl (C=O) groups excluding carboxylic acids is 2. The molecule has 3 amide bonds. The number of hydrogen-bond donors (Lipinski definition) is 2. The zero-order valence-electron chi connectivity index (χ0n) is 18.0. The lowest BCUT2D eigenvalue weighted by atomic mass is 9.98. The minimum absolute atomic E-state index is 0.0895. The maximum absolute atomic E-state index is 13.6. The maximum Gasteiger partial charge on any atom is 0.322 e.